The van der Waals surface area contributed by atoms with Gasteiger partial charge in [0.05, 0.1) is 0 Å². The molecule has 98 valence electrons. The zero-order valence-electron chi connectivity index (χ0n) is 10.6. The highest BCUT2D eigenvalue weighted by Crippen LogP contribution is 2.24. The highest BCUT2D eigenvalue weighted by molar-refractivity contribution is 6.29. The summed E-state index contributed by atoms with van der Waals surface area (Å²) in [5.41, 5.74) is 3.31. The van der Waals surface area contributed by atoms with Crippen molar-refractivity contribution in [2.24, 2.45) is 0 Å². The summed E-state index contributed by atoms with van der Waals surface area (Å²) in [5.74, 6) is 0. The smallest absolute Gasteiger partial charge is 0.131 e. The number of anilines is 3. The number of rotatable bonds is 3. The molecule has 1 N–H and O–H groups in total. The van der Waals surface area contributed by atoms with E-state index in [2.05, 4.69) is 39.5 Å². The average molecular weight is 274 g/mol. The first-order chi connectivity index (χ1) is 9.31. The second kappa shape index (κ2) is 5.49. The number of hydrogen-bond acceptors (Lipinski definition) is 3. The van der Waals surface area contributed by atoms with Crippen LogP contribution in [0, 0.1) is 0 Å². The van der Waals surface area contributed by atoms with Gasteiger partial charge >= 0.3 is 0 Å². The minimum atomic E-state index is 0.499. The highest BCUT2D eigenvalue weighted by Gasteiger charge is 2.11. The summed E-state index contributed by atoms with van der Waals surface area (Å²) in [6.07, 6.45) is 4.30. The summed E-state index contributed by atoms with van der Waals surface area (Å²) in [6, 6.07) is 12.2. The Morgan fingerprint density at radius 1 is 1.00 bits per heavy atom. The fourth-order valence-electron chi connectivity index (χ4n) is 2.38. The predicted octanol–water partition coefficient (Wildman–Crippen LogP) is 4.08. The SMILES string of the molecule is Clc1cc(Nc2ccc(N3CCCC3)cc2)ccn1. The summed E-state index contributed by atoms with van der Waals surface area (Å²) in [5, 5.41) is 3.82. The molecule has 0 radical (unpaired) electrons. The molecular weight excluding hydrogens is 258 g/mol. The molecule has 0 unspecified atom stereocenters. The molecule has 1 aliphatic rings. The number of hydrogen-bond donors (Lipinski definition) is 1. The maximum atomic E-state index is 5.86. The summed E-state index contributed by atoms with van der Waals surface area (Å²) >= 11 is 5.86. The molecule has 3 rings (SSSR count). The third-order valence-corrected chi connectivity index (χ3v) is 3.56. The van der Waals surface area contributed by atoms with Crippen LogP contribution in [0.25, 0.3) is 0 Å². The van der Waals surface area contributed by atoms with Crippen LogP contribution in [-0.4, -0.2) is 18.1 Å². The fourth-order valence-corrected chi connectivity index (χ4v) is 2.55. The number of nitrogens with zero attached hydrogens (tertiary/aromatic N) is 2. The standard InChI is InChI=1S/C15H16ClN3/c16-15-11-13(7-8-17-15)18-12-3-5-14(6-4-12)19-9-1-2-10-19/h3-8,11H,1-2,9-10H2,(H,17,18). The van der Waals surface area contributed by atoms with Gasteiger partial charge in [0.2, 0.25) is 0 Å². The van der Waals surface area contributed by atoms with E-state index in [0.29, 0.717) is 5.15 Å². The molecule has 0 amide bonds. The number of pyridine rings is 1. The lowest BCUT2D eigenvalue weighted by Gasteiger charge is -2.18. The van der Waals surface area contributed by atoms with Gasteiger partial charge in [-0.2, -0.15) is 0 Å². The van der Waals surface area contributed by atoms with Gasteiger partial charge in [-0.25, -0.2) is 4.98 Å². The minimum Gasteiger partial charge on any atom is -0.372 e. The van der Waals surface area contributed by atoms with Crippen molar-refractivity contribution in [2.45, 2.75) is 12.8 Å². The number of benzene rings is 1. The second-order valence-corrected chi connectivity index (χ2v) is 5.12. The highest BCUT2D eigenvalue weighted by atomic mass is 35.5. The normalized spacial score (nSPS) is 14.7. The van der Waals surface area contributed by atoms with Gasteiger partial charge in [-0.3, -0.25) is 0 Å². The molecule has 0 aliphatic carbocycles. The van der Waals surface area contributed by atoms with Gasteiger partial charge < -0.3 is 10.2 Å². The lowest BCUT2D eigenvalue weighted by atomic mass is 10.2. The van der Waals surface area contributed by atoms with Crippen molar-refractivity contribution in [1.29, 1.82) is 0 Å². The average Bonchev–Trinajstić information content (AvgIpc) is 2.94. The maximum absolute atomic E-state index is 5.86. The van der Waals surface area contributed by atoms with Crippen molar-refractivity contribution in [3.63, 3.8) is 0 Å². The Morgan fingerprint density at radius 3 is 2.42 bits per heavy atom. The molecule has 2 heterocycles. The van der Waals surface area contributed by atoms with Crippen LogP contribution >= 0.6 is 11.6 Å². The van der Waals surface area contributed by atoms with E-state index in [1.54, 1.807) is 6.20 Å². The predicted molar refractivity (Wildman–Crippen MR) is 80.4 cm³/mol. The molecule has 1 aromatic carbocycles. The van der Waals surface area contributed by atoms with E-state index in [4.69, 9.17) is 11.6 Å². The van der Waals surface area contributed by atoms with E-state index in [1.165, 1.54) is 31.6 Å². The number of nitrogens with one attached hydrogen (secondary N) is 1. The maximum Gasteiger partial charge on any atom is 0.131 e. The van der Waals surface area contributed by atoms with Crippen LogP contribution in [0.1, 0.15) is 12.8 Å². The van der Waals surface area contributed by atoms with Gasteiger partial charge in [-0.15, -0.1) is 0 Å². The first kappa shape index (κ1) is 12.3. The van der Waals surface area contributed by atoms with Crippen molar-refractivity contribution in [2.75, 3.05) is 23.3 Å². The zero-order chi connectivity index (χ0) is 13.1. The van der Waals surface area contributed by atoms with E-state index in [9.17, 15) is 0 Å². The summed E-state index contributed by atoms with van der Waals surface area (Å²) in [4.78, 5) is 6.39. The quantitative estimate of drug-likeness (QED) is 0.854. The van der Waals surface area contributed by atoms with Crippen molar-refractivity contribution in [1.82, 2.24) is 4.98 Å². The molecule has 3 nitrogen and oxygen atoms in total. The van der Waals surface area contributed by atoms with Gasteiger partial charge in [-0.05, 0) is 49.2 Å². The van der Waals surface area contributed by atoms with Gasteiger partial charge in [-0.1, -0.05) is 11.6 Å². The molecule has 2 aromatic rings. The zero-order valence-corrected chi connectivity index (χ0v) is 11.4. The number of aromatic nitrogens is 1. The topological polar surface area (TPSA) is 28.2 Å². The Balaban J connectivity index is 1.72. The van der Waals surface area contributed by atoms with Crippen LogP contribution in [0.5, 0.6) is 0 Å². The van der Waals surface area contributed by atoms with Gasteiger partial charge in [0, 0.05) is 36.3 Å². The Bertz CT molecular complexity index is 548. The molecule has 4 heteroatoms. The molecule has 0 bridgehead atoms. The monoisotopic (exact) mass is 273 g/mol. The van der Waals surface area contributed by atoms with Gasteiger partial charge in [0.15, 0.2) is 0 Å². The van der Waals surface area contributed by atoms with Crippen LogP contribution in [0.3, 0.4) is 0 Å². The molecule has 1 saturated heterocycles. The molecule has 0 saturated carbocycles. The Kier molecular flexibility index (Phi) is 3.56. The van der Waals surface area contributed by atoms with Crippen LogP contribution in [0.15, 0.2) is 42.6 Å². The van der Waals surface area contributed by atoms with Crippen LogP contribution in [0.2, 0.25) is 5.15 Å². The van der Waals surface area contributed by atoms with E-state index in [1.807, 2.05) is 12.1 Å². The lowest BCUT2D eigenvalue weighted by molar-refractivity contribution is 0.949. The largest absolute Gasteiger partial charge is 0.372 e. The molecule has 19 heavy (non-hydrogen) atoms. The third-order valence-electron chi connectivity index (χ3n) is 3.35. The number of halogens is 1. The van der Waals surface area contributed by atoms with Crippen LogP contribution < -0.4 is 10.2 Å². The summed E-state index contributed by atoms with van der Waals surface area (Å²) < 4.78 is 0. The van der Waals surface area contributed by atoms with Crippen LogP contribution in [-0.2, 0) is 0 Å². The van der Waals surface area contributed by atoms with Gasteiger partial charge in [0.25, 0.3) is 0 Å². The third kappa shape index (κ3) is 2.99. The molecule has 1 aliphatic heterocycles. The van der Waals surface area contributed by atoms with Crippen molar-refractivity contribution in [3.8, 4) is 0 Å². The second-order valence-electron chi connectivity index (χ2n) is 4.73. The molecule has 0 spiro atoms. The molecule has 0 atom stereocenters. The Labute approximate surface area is 118 Å². The van der Waals surface area contributed by atoms with E-state index in [0.717, 1.165) is 11.4 Å². The van der Waals surface area contributed by atoms with Crippen LogP contribution in [0.4, 0.5) is 17.1 Å². The molecule has 1 fully saturated rings. The van der Waals surface area contributed by atoms with Crippen molar-refractivity contribution >= 4 is 28.7 Å². The molecule has 1 aromatic heterocycles. The van der Waals surface area contributed by atoms with E-state index >= 15 is 0 Å². The Morgan fingerprint density at radius 2 is 1.74 bits per heavy atom. The van der Waals surface area contributed by atoms with Crippen molar-refractivity contribution < 1.29 is 0 Å². The summed E-state index contributed by atoms with van der Waals surface area (Å²) in [6.45, 7) is 2.35. The minimum absolute atomic E-state index is 0.499. The van der Waals surface area contributed by atoms with E-state index < -0.39 is 0 Å². The fraction of sp³-hybridized carbons (Fsp3) is 0.267. The van der Waals surface area contributed by atoms with Gasteiger partial charge in [0.1, 0.15) is 5.15 Å². The Hall–Kier alpha value is -1.74. The molecular formula is C15H16ClN3. The lowest BCUT2D eigenvalue weighted by Crippen LogP contribution is -2.17. The first-order valence-corrected chi connectivity index (χ1v) is 6.93. The first-order valence-electron chi connectivity index (χ1n) is 6.55. The van der Waals surface area contributed by atoms with E-state index in [-0.39, 0.29) is 0 Å². The summed E-state index contributed by atoms with van der Waals surface area (Å²) in [7, 11) is 0. The van der Waals surface area contributed by atoms with Crippen molar-refractivity contribution in [3.05, 3.63) is 47.7 Å².